The number of carboxylic acids is 3. The summed E-state index contributed by atoms with van der Waals surface area (Å²) in [5, 5.41) is 37.5. The highest BCUT2D eigenvalue weighted by atomic mass is 16.4. The molecule has 1 aromatic heterocycles. The second-order valence-corrected chi connectivity index (χ2v) is 6.25. The molecule has 1 saturated heterocycles. The van der Waals surface area contributed by atoms with Crippen LogP contribution >= 0.6 is 0 Å². The van der Waals surface area contributed by atoms with E-state index in [-0.39, 0.29) is 25.2 Å². The summed E-state index contributed by atoms with van der Waals surface area (Å²) in [6, 6.07) is -3.20. The maximum Gasteiger partial charge on any atom is 0.326 e. The molecule has 1 aliphatic heterocycles. The number of aromatic nitrogens is 3. The van der Waals surface area contributed by atoms with E-state index >= 15 is 0 Å². The maximum absolute atomic E-state index is 12.1. The van der Waals surface area contributed by atoms with Gasteiger partial charge in [0.2, 0.25) is 5.91 Å². The SMILES string of the molecule is [B][B]N(CC(=O)O)C(C(=O)O)c1cn(C2CC(C(=O)O)N(C(=O)CN[B])C2)nn1. The molecule has 5 radical (unpaired) electrons. The van der Waals surface area contributed by atoms with E-state index in [1.807, 2.05) is 0 Å². The number of rotatable bonds is 10. The summed E-state index contributed by atoms with van der Waals surface area (Å²) >= 11 is 0. The topological polar surface area (TPSA) is 178 Å². The van der Waals surface area contributed by atoms with E-state index < -0.39 is 48.5 Å². The fraction of sp³-hybridized carbons (Fsp3) is 0.538. The predicted octanol–water partition coefficient (Wildman–Crippen LogP) is -3.61. The van der Waals surface area contributed by atoms with E-state index in [9.17, 15) is 29.4 Å². The lowest BCUT2D eigenvalue weighted by atomic mass is 9.64. The Balaban J connectivity index is 2.25. The Morgan fingerprint density at radius 1 is 1.34 bits per heavy atom. The predicted molar refractivity (Wildman–Crippen MR) is 96.8 cm³/mol. The van der Waals surface area contributed by atoms with E-state index in [1.54, 1.807) is 0 Å². The van der Waals surface area contributed by atoms with Gasteiger partial charge in [-0.1, -0.05) is 5.21 Å². The quantitative estimate of drug-likeness (QED) is 0.285. The molecule has 0 saturated carbocycles. The van der Waals surface area contributed by atoms with Gasteiger partial charge in [-0.15, -0.1) is 5.10 Å². The molecular weight excluding hydrogens is 385 g/mol. The highest BCUT2D eigenvalue weighted by molar-refractivity contribution is 6.87. The van der Waals surface area contributed by atoms with Gasteiger partial charge < -0.3 is 30.3 Å². The van der Waals surface area contributed by atoms with Gasteiger partial charge in [-0.25, -0.2) is 9.48 Å². The van der Waals surface area contributed by atoms with Crippen LogP contribution in [0.5, 0.6) is 0 Å². The van der Waals surface area contributed by atoms with Gasteiger partial charge in [0.1, 0.15) is 17.8 Å². The number of amides is 1. The minimum atomic E-state index is -1.51. The number of hydrogen-bond acceptors (Lipinski definition) is 8. The van der Waals surface area contributed by atoms with Crippen LogP contribution in [0.1, 0.15) is 24.2 Å². The van der Waals surface area contributed by atoms with E-state index in [1.165, 1.54) is 10.9 Å². The zero-order chi connectivity index (χ0) is 21.7. The molecular formula is C13H16B3N6O7. The third-order valence-corrected chi connectivity index (χ3v) is 4.39. The van der Waals surface area contributed by atoms with Gasteiger partial charge in [0.25, 0.3) is 0 Å². The first kappa shape index (κ1) is 22.4. The largest absolute Gasteiger partial charge is 0.480 e. The monoisotopic (exact) mass is 401 g/mol. The summed E-state index contributed by atoms with van der Waals surface area (Å²) in [6.07, 6.45) is 1.28. The molecule has 1 fully saturated rings. The average molecular weight is 401 g/mol. The molecule has 0 spiro atoms. The molecule has 3 unspecified atom stereocenters. The van der Waals surface area contributed by atoms with Crippen LogP contribution in [0, 0.1) is 0 Å². The molecule has 16 heteroatoms. The molecule has 0 aromatic carbocycles. The molecule has 1 aliphatic rings. The molecule has 29 heavy (non-hydrogen) atoms. The second kappa shape index (κ2) is 9.56. The number of carbonyl (C=O) groups excluding carboxylic acids is 1. The minimum absolute atomic E-state index is 0.000127. The molecule has 0 bridgehead atoms. The van der Waals surface area contributed by atoms with Gasteiger partial charge in [0.05, 0.1) is 25.3 Å². The first-order chi connectivity index (χ1) is 13.7. The minimum Gasteiger partial charge on any atom is -0.480 e. The van der Waals surface area contributed by atoms with Gasteiger partial charge >= 0.3 is 17.9 Å². The first-order valence-electron chi connectivity index (χ1n) is 8.32. The highest BCUT2D eigenvalue weighted by Crippen LogP contribution is 2.28. The highest BCUT2D eigenvalue weighted by Gasteiger charge is 2.41. The normalized spacial score (nSPS) is 19.8. The van der Waals surface area contributed by atoms with Crippen molar-refractivity contribution in [1.29, 1.82) is 0 Å². The molecule has 2 rings (SSSR count). The zero-order valence-corrected chi connectivity index (χ0v) is 15.1. The lowest BCUT2D eigenvalue weighted by Gasteiger charge is -2.24. The Hall–Kier alpha value is -2.87. The van der Waals surface area contributed by atoms with Gasteiger partial charge in [-0.3, -0.25) is 14.4 Å². The number of carboxylic acid groups (broad SMARTS) is 3. The second-order valence-electron chi connectivity index (χ2n) is 6.25. The summed E-state index contributed by atoms with van der Waals surface area (Å²) in [5.74, 6) is -4.42. The van der Waals surface area contributed by atoms with Crippen LogP contribution in [-0.4, -0.2) is 113 Å². The van der Waals surface area contributed by atoms with Crippen molar-refractivity contribution in [2.45, 2.75) is 24.5 Å². The third kappa shape index (κ3) is 5.14. The van der Waals surface area contributed by atoms with Crippen molar-refractivity contribution in [2.75, 3.05) is 19.6 Å². The van der Waals surface area contributed by atoms with Crippen molar-refractivity contribution >= 4 is 46.8 Å². The van der Waals surface area contributed by atoms with Crippen LogP contribution in [0.3, 0.4) is 0 Å². The van der Waals surface area contributed by atoms with Crippen molar-refractivity contribution in [1.82, 2.24) is 29.9 Å². The fourth-order valence-corrected chi connectivity index (χ4v) is 3.12. The van der Waals surface area contributed by atoms with Crippen molar-refractivity contribution in [3.05, 3.63) is 11.9 Å². The summed E-state index contributed by atoms with van der Waals surface area (Å²) in [5.41, 5.74) is -0.0965. The van der Waals surface area contributed by atoms with Gasteiger partial charge in [0, 0.05) is 20.7 Å². The zero-order valence-electron chi connectivity index (χ0n) is 15.1. The number of hydrogen-bond donors (Lipinski definition) is 4. The van der Waals surface area contributed by atoms with Crippen LogP contribution in [0.25, 0.3) is 0 Å². The van der Waals surface area contributed by atoms with Gasteiger partial charge in [-0.05, 0) is 0 Å². The first-order valence-corrected chi connectivity index (χ1v) is 8.32. The van der Waals surface area contributed by atoms with Crippen LogP contribution in [0.2, 0.25) is 0 Å². The number of nitrogens with zero attached hydrogens (tertiary/aromatic N) is 5. The third-order valence-electron chi connectivity index (χ3n) is 4.39. The molecule has 1 aromatic rings. The Bertz CT molecular complexity index is 793. The fourth-order valence-electron chi connectivity index (χ4n) is 3.12. The molecule has 0 aliphatic carbocycles. The molecule has 149 valence electrons. The van der Waals surface area contributed by atoms with E-state index in [0.717, 1.165) is 17.0 Å². The summed E-state index contributed by atoms with van der Waals surface area (Å²) in [7, 11) is 11.3. The lowest BCUT2D eigenvalue weighted by molar-refractivity contribution is -0.147. The van der Waals surface area contributed by atoms with Crippen LogP contribution in [-0.2, 0) is 19.2 Å². The average Bonchev–Trinajstić information content (AvgIpc) is 3.27. The maximum atomic E-state index is 12.1. The lowest BCUT2D eigenvalue weighted by Crippen LogP contribution is -2.44. The smallest absolute Gasteiger partial charge is 0.326 e. The van der Waals surface area contributed by atoms with Crippen molar-refractivity contribution in [3.8, 4) is 0 Å². The van der Waals surface area contributed by atoms with Crippen LogP contribution in [0.4, 0.5) is 0 Å². The van der Waals surface area contributed by atoms with E-state index in [4.69, 9.17) is 20.8 Å². The summed E-state index contributed by atoms with van der Waals surface area (Å²) < 4.78 is 1.25. The summed E-state index contributed by atoms with van der Waals surface area (Å²) in [4.78, 5) is 48.1. The molecule has 13 nitrogen and oxygen atoms in total. The Kier molecular flexibility index (Phi) is 7.39. The molecule has 4 N–H and O–H groups in total. The van der Waals surface area contributed by atoms with Gasteiger partial charge in [0.15, 0.2) is 15.3 Å². The number of likely N-dealkylation sites (tertiary alicyclic amines) is 1. The standard InChI is InChI=1S/C13H16B3N6O7/c14-16-21(5-10(24)25)11(13(28)29)7-4-22(19-18-7)6-1-8(12(26)27)20(3-6)9(23)2-17-15/h4,6,8,11,17H,1-3,5H2,(H,24,25)(H,26,27)(H,28,29). The number of nitrogens with one attached hydrogen (secondary N) is 1. The van der Waals surface area contributed by atoms with Crippen LogP contribution < -0.4 is 5.23 Å². The number of aliphatic carboxylic acids is 3. The van der Waals surface area contributed by atoms with E-state index in [0.29, 0.717) is 0 Å². The Morgan fingerprint density at radius 2 is 2.03 bits per heavy atom. The van der Waals surface area contributed by atoms with Crippen molar-refractivity contribution in [2.24, 2.45) is 0 Å². The van der Waals surface area contributed by atoms with Gasteiger partial charge in [-0.2, -0.15) is 0 Å². The van der Waals surface area contributed by atoms with Crippen LogP contribution in [0.15, 0.2) is 6.20 Å². The summed E-state index contributed by atoms with van der Waals surface area (Å²) in [6.45, 7) is -0.935. The van der Waals surface area contributed by atoms with Crippen molar-refractivity contribution in [3.63, 3.8) is 0 Å². The van der Waals surface area contributed by atoms with Crippen molar-refractivity contribution < 1.29 is 34.5 Å². The Labute approximate surface area is 168 Å². The van der Waals surface area contributed by atoms with E-state index in [2.05, 4.69) is 15.5 Å². The molecule has 1 amide bonds. The molecule has 3 atom stereocenters. The Morgan fingerprint density at radius 3 is 2.55 bits per heavy atom. The number of carbonyl (C=O) groups is 4. The molecule has 2 heterocycles.